The fourth-order valence-corrected chi connectivity index (χ4v) is 4.70. The van der Waals surface area contributed by atoms with E-state index in [0.717, 1.165) is 34.5 Å². The van der Waals surface area contributed by atoms with E-state index in [0.29, 0.717) is 25.4 Å². The highest BCUT2D eigenvalue weighted by Gasteiger charge is 2.35. The average molecular weight is 431 g/mol. The van der Waals surface area contributed by atoms with Gasteiger partial charge in [0.1, 0.15) is 6.54 Å². The largest absolute Gasteiger partial charge is 0.381 e. The van der Waals surface area contributed by atoms with Crippen molar-refractivity contribution in [2.45, 2.75) is 32.1 Å². The maximum atomic E-state index is 12.8. The second kappa shape index (κ2) is 9.18. The molecule has 3 rings (SSSR count). The lowest BCUT2D eigenvalue weighted by atomic mass is 9.74. The van der Waals surface area contributed by atoms with Gasteiger partial charge in [-0.05, 0) is 55.5 Å². The zero-order chi connectivity index (χ0) is 21.8. The van der Waals surface area contributed by atoms with Gasteiger partial charge in [0.2, 0.25) is 15.9 Å². The van der Waals surface area contributed by atoms with Crippen molar-refractivity contribution in [3.05, 3.63) is 65.2 Å². The SMILES string of the molecule is Cc1ccc(N(CC(=O)NCC2(c3ccccc3)CCOCC2)S(C)(=O)=O)cc1C. The van der Waals surface area contributed by atoms with Gasteiger partial charge in [0.05, 0.1) is 11.9 Å². The Bertz CT molecular complexity index is 984. The molecule has 0 aliphatic carbocycles. The molecular formula is C23H30N2O4S. The quantitative estimate of drug-likeness (QED) is 0.733. The Balaban J connectivity index is 1.75. The van der Waals surface area contributed by atoms with Crippen LogP contribution in [0.5, 0.6) is 0 Å². The molecule has 2 aromatic carbocycles. The van der Waals surface area contributed by atoms with Gasteiger partial charge in [-0.15, -0.1) is 0 Å². The number of anilines is 1. The second-order valence-electron chi connectivity index (χ2n) is 8.07. The summed E-state index contributed by atoms with van der Waals surface area (Å²) in [5.41, 5.74) is 3.51. The summed E-state index contributed by atoms with van der Waals surface area (Å²) in [5.74, 6) is -0.319. The molecule has 2 aromatic rings. The smallest absolute Gasteiger partial charge is 0.240 e. The van der Waals surface area contributed by atoms with Gasteiger partial charge in [0.15, 0.2) is 0 Å². The van der Waals surface area contributed by atoms with Crippen LogP contribution in [-0.2, 0) is 25.0 Å². The molecule has 6 nitrogen and oxygen atoms in total. The zero-order valence-corrected chi connectivity index (χ0v) is 18.7. The van der Waals surface area contributed by atoms with E-state index in [1.165, 1.54) is 5.56 Å². The monoisotopic (exact) mass is 430 g/mol. The Hall–Kier alpha value is -2.38. The lowest BCUT2D eigenvalue weighted by molar-refractivity contribution is -0.120. The molecule has 1 fully saturated rings. The Labute approximate surface area is 179 Å². The van der Waals surface area contributed by atoms with Gasteiger partial charge in [-0.1, -0.05) is 36.4 Å². The molecule has 1 amide bonds. The third-order valence-electron chi connectivity index (χ3n) is 5.93. The van der Waals surface area contributed by atoms with Crippen LogP contribution >= 0.6 is 0 Å². The highest BCUT2D eigenvalue weighted by Crippen LogP contribution is 2.34. The molecular weight excluding hydrogens is 400 g/mol. The van der Waals surface area contributed by atoms with Crippen molar-refractivity contribution in [2.75, 3.05) is 36.9 Å². The summed E-state index contributed by atoms with van der Waals surface area (Å²) < 4.78 is 31.5. The lowest BCUT2D eigenvalue weighted by Gasteiger charge is -2.38. The van der Waals surface area contributed by atoms with Gasteiger partial charge in [0, 0.05) is 25.2 Å². The minimum atomic E-state index is -3.60. The van der Waals surface area contributed by atoms with Gasteiger partial charge in [-0.2, -0.15) is 0 Å². The van der Waals surface area contributed by atoms with E-state index in [4.69, 9.17) is 4.74 Å². The summed E-state index contributed by atoms with van der Waals surface area (Å²) in [6.07, 6.45) is 2.74. The van der Waals surface area contributed by atoms with Gasteiger partial charge < -0.3 is 10.1 Å². The van der Waals surface area contributed by atoms with E-state index in [2.05, 4.69) is 17.4 Å². The standard InChI is InChI=1S/C23H30N2O4S/c1-18-9-10-21(15-19(18)2)25(30(3,27)28)16-22(26)24-17-23(11-13-29-14-12-23)20-7-5-4-6-8-20/h4-10,15H,11-14,16-17H2,1-3H3,(H,24,26). The first kappa shape index (κ1) is 22.3. The number of carbonyl (C=O) groups is 1. The van der Waals surface area contributed by atoms with Crippen molar-refractivity contribution >= 4 is 21.6 Å². The van der Waals surface area contributed by atoms with Crippen molar-refractivity contribution in [3.63, 3.8) is 0 Å². The van der Waals surface area contributed by atoms with Crippen LogP contribution in [0.4, 0.5) is 5.69 Å². The van der Waals surface area contributed by atoms with E-state index >= 15 is 0 Å². The number of rotatable bonds is 7. The van der Waals surface area contributed by atoms with E-state index < -0.39 is 10.0 Å². The van der Waals surface area contributed by atoms with E-state index in [1.54, 1.807) is 12.1 Å². The first-order valence-electron chi connectivity index (χ1n) is 10.2. The number of hydrogen-bond acceptors (Lipinski definition) is 4. The lowest BCUT2D eigenvalue weighted by Crippen LogP contribution is -2.47. The molecule has 30 heavy (non-hydrogen) atoms. The summed E-state index contributed by atoms with van der Waals surface area (Å²) in [6.45, 7) is 5.37. The number of nitrogens with zero attached hydrogens (tertiary/aromatic N) is 1. The highest BCUT2D eigenvalue weighted by atomic mass is 32.2. The molecule has 1 N–H and O–H groups in total. The Morgan fingerprint density at radius 2 is 1.73 bits per heavy atom. The molecule has 0 atom stereocenters. The first-order chi connectivity index (χ1) is 14.2. The summed E-state index contributed by atoms with van der Waals surface area (Å²) >= 11 is 0. The predicted molar refractivity (Wildman–Crippen MR) is 119 cm³/mol. The Morgan fingerprint density at radius 3 is 2.33 bits per heavy atom. The topological polar surface area (TPSA) is 75.7 Å². The molecule has 162 valence electrons. The summed E-state index contributed by atoms with van der Waals surface area (Å²) in [5, 5.41) is 2.99. The molecule has 1 aliphatic heterocycles. The number of sulfonamides is 1. The molecule has 0 radical (unpaired) electrons. The number of amides is 1. The highest BCUT2D eigenvalue weighted by molar-refractivity contribution is 7.92. The third kappa shape index (κ3) is 5.21. The van der Waals surface area contributed by atoms with Crippen LogP contribution in [0.1, 0.15) is 29.5 Å². The number of benzene rings is 2. The van der Waals surface area contributed by atoms with E-state index in [-0.39, 0.29) is 17.9 Å². The molecule has 1 aliphatic rings. The molecule has 1 heterocycles. The predicted octanol–water partition coefficient (Wildman–Crippen LogP) is 2.93. The minimum absolute atomic E-state index is 0.203. The van der Waals surface area contributed by atoms with Gasteiger partial charge >= 0.3 is 0 Å². The van der Waals surface area contributed by atoms with E-state index in [9.17, 15) is 13.2 Å². The zero-order valence-electron chi connectivity index (χ0n) is 17.8. The van der Waals surface area contributed by atoms with Crippen LogP contribution < -0.4 is 9.62 Å². The first-order valence-corrected chi connectivity index (χ1v) is 12.0. The van der Waals surface area contributed by atoms with E-state index in [1.807, 2.05) is 38.1 Å². The number of nitrogens with one attached hydrogen (secondary N) is 1. The van der Waals surface area contributed by atoms with Gasteiger partial charge in [-0.25, -0.2) is 8.42 Å². The van der Waals surface area contributed by atoms with Crippen LogP contribution in [0.25, 0.3) is 0 Å². The van der Waals surface area contributed by atoms with Crippen LogP contribution in [-0.4, -0.2) is 46.9 Å². The van der Waals surface area contributed by atoms with Crippen LogP contribution in [0.15, 0.2) is 48.5 Å². The normalized spacial score (nSPS) is 16.1. The maximum absolute atomic E-state index is 12.8. The second-order valence-corrected chi connectivity index (χ2v) is 9.98. The number of aryl methyl sites for hydroxylation is 2. The summed E-state index contributed by atoms with van der Waals surface area (Å²) in [4.78, 5) is 12.8. The van der Waals surface area contributed by atoms with Crippen LogP contribution in [0.2, 0.25) is 0 Å². The van der Waals surface area contributed by atoms with Gasteiger partial charge in [-0.3, -0.25) is 9.10 Å². The fraction of sp³-hybridized carbons (Fsp3) is 0.435. The van der Waals surface area contributed by atoms with Gasteiger partial charge in [0.25, 0.3) is 0 Å². The van der Waals surface area contributed by atoms with Crippen molar-refractivity contribution in [2.24, 2.45) is 0 Å². The third-order valence-corrected chi connectivity index (χ3v) is 7.07. The molecule has 0 aromatic heterocycles. The van der Waals surface area contributed by atoms with Crippen molar-refractivity contribution in [3.8, 4) is 0 Å². The van der Waals surface area contributed by atoms with Crippen molar-refractivity contribution in [1.82, 2.24) is 5.32 Å². The van der Waals surface area contributed by atoms with Crippen LogP contribution in [0, 0.1) is 13.8 Å². The summed E-state index contributed by atoms with van der Waals surface area (Å²) in [7, 11) is -3.60. The molecule has 7 heteroatoms. The molecule has 0 saturated carbocycles. The molecule has 1 saturated heterocycles. The maximum Gasteiger partial charge on any atom is 0.240 e. The average Bonchev–Trinajstić information content (AvgIpc) is 2.73. The molecule has 0 spiro atoms. The van der Waals surface area contributed by atoms with Crippen molar-refractivity contribution < 1.29 is 17.9 Å². The number of carbonyl (C=O) groups excluding carboxylic acids is 1. The van der Waals surface area contributed by atoms with Crippen molar-refractivity contribution in [1.29, 1.82) is 0 Å². The number of ether oxygens (including phenoxy) is 1. The fourth-order valence-electron chi connectivity index (χ4n) is 3.86. The Morgan fingerprint density at radius 1 is 1.07 bits per heavy atom. The molecule has 0 bridgehead atoms. The number of hydrogen-bond donors (Lipinski definition) is 1. The minimum Gasteiger partial charge on any atom is -0.381 e. The summed E-state index contributed by atoms with van der Waals surface area (Å²) in [6, 6.07) is 15.5. The molecule has 0 unspecified atom stereocenters. The van der Waals surface area contributed by atoms with Crippen LogP contribution in [0.3, 0.4) is 0 Å². The Kier molecular flexibility index (Phi) is 6.83.